The number of hydrogen-bond donors (Lipinski definition) is 2. The third-order valence-electron chi connectivity index (χ3n) is 7.13. The summed E-state index contributed by atoms with van der Waals surface area (Å²) in [5.41, 5.74) is 0.993. The molecule has 2 heterocycles. The first-order chi connectivity index (χ1) is 18.9. The monoisotopic (exact) mass is 576 g/mol. The summed E-state index contributed by atoms with van der Waals surface area (Å²) in [7, 11) is -1.45. The molecule has 0 saturated carbocycles. The zero-order chi connectivity index (χ0) is 29.1. The van der Waals surface area contributed by atoms with Crippen LogP contribution in [0.4, 0.5) is 24.7 Å². The molecule has 8 nitrogen and oxygen atoms in total. The van der Waals surface area contributed by atoms with Crippen LogP contribution in [0.5, 0.6) is 0 Å². The predicted octanol–water partition coefficient (Wildman–Crippen LogP) is 4.10. The molecule has 0 bridgehead atoms. The second-order valence-electron chi connectivity index (χ2n) is 9.66. The van der Waals surface area contributed by atoms with E-state index in [1.165, 1.54) is 42.6 Å². The van der Waals surface area contributed by atoms with Crippen molar-refractivity contribution in [3.05, 3.63) is 83.6 Å². The average molecular weight is 577 g/mol. The third-order valence-corrected chi connectivity index (χ3v) is 8.88. The smallest absolute Gasteiger partial charge is 0.395 e. The molecule has 1 aliphatic heterocycles. The first-order valence-electron chi connectivity index (χ1n) is 12.8. The Morgan fingerprint density at radius 3 is 2.30 bits per heavy atom. The number of hydrogen-bond acceptors (Lipinski definition) is 7. The van der Waals surface area contributed by atoms with Crippen LogP contribution in [0.15, 0.2) is 71.8 Å². The van der Waals surface area contributed by atoms with Gasteiger partial charge in [0.15, 0.2) is 9.84 Å². The molecule has 2 atom stereocenters. The first kappa shape index (κ1) is 29.5. The molecule has 0 spiro atoms. The zero-order valence-electron chi connectivity index (χ0n) is 22.1. The Balaban J connectivity index is 1.42. The highest BCUT2D eigenvalue weighted by Gasteiger charge is 2.32. The van der Waals surface area contributed by atoms with Crippen LogP contribution < -0.4 is 10.2 Å². The molecule has 2 N–H and O–H groups in total. The van der Waals surface area contributed by atoms with Gasteiger partial charge in [0, 0.05) is 19.6 Å². The van der Waals surface area contributed by atoms with Crippen molar-refractivity contribution in [3.63, 3.8) is 0 Å². The highest BCUT2D eigenvalue weighted by molar-refractivity contribution is 7.91. The topological polar surface area (TPSA) is 103 Å². The maximum atomic E-state index is 13.0. The van der Waals surface area contributed by atoms with Crippen LogP contribution >= 0.6 is 0 Å². The number of pyridine rings is 1. The number of rotatable bonds is 8. The van der Waals surface area contributed by atoms with Crippen molar-refractivity contribution in [2.75, 3.05) is 49.3 Å². The highest BCUT2D eigenvalue weighted by Crippen LogP contribution is 2.32. The van der Waals surface area contributed by atoms with Gasteiger partial charge in [-0.1, -0.05) is 31.2 Å². The number of amides is 1. The first-order valence-corrected chi connectivity index (χ1v) is 14.4. The van der Waals surface area contributed by atoms with Gasteiger partial charge < -0.3 is 15.3 Å². The molecule has 1 amide bonds. The molecule has 12 heteroatoms. The van der Waals surface area contributed by atoms with E-state index in [1.54, 1.807) is 19.1 Å². The van der Waals surface area contributed by atoms with Crippen LogP contribution in [0.25, 0.3) is 0 Å². The molecule has 40 heavy (non-hydrogen) atoms. The number of anilines is 2. The lowest BCUT2D eigenvalue weighted by Gasteiger charge is -2.40. The molecule has 3 aromatic rings. The Bertz CT molecular complexity index is 1410. The lowest BCUT2D eigenvalue weighted by atomic mass is 9.99. The Kier molecular flexibility index (Phi) is 8.81. The number of halogens is 3. The van der Waals surface area contributed by atoms with Crippen molar-refractivity contribution in [2.45, 2.75) is 30.0 Å². The molecule has 1 saturated heterocycles. The number of aliphatic hydroxyl groups is 1. The number of nitrogens with one attached hydrogen (secondary N) is 1. The normalized spacial score (nSPS) is 17.4. The summed E-state index contributed by atoms with van der Waals surface area (Å²) in [5, 5.41) is 12.6. The Morgan fingerprint density at radius 2 is 1.75 bits per heavy atom. The fraction of sp³-hybridized carbons (Fsp3) is 0.357. The Labute approximate surface area is 231 Å². The van der Waals surface area contributed by atoms with E-state index in [4.69, 9.17) is 0 Å². The minimum Gasteiger partial charge on any atom is -0.395 e. The SMILES string of the molecule is CCS(=O)(=O)c1ccc([C@H](CO)C(=O)Nc2ccc(N3CCN(C)C(c4ccc(C(F)(F)F)cc4)C3)nc2)cc1. The van der Waals surface area contributed by atoms with Crippen LogP contribution in [0.3, 0.4) is 0 Å². The molecule has 0 aliphatic carbocycles. The molecule has 4 rings (SSSR count). The van der Waals surface area contributed by atoms with Crippen LogP contribution in [0.1, 0.15) is 35.6 Å². The number of nitrogens with zero attached hydrogens (tertiary/aromatic N) is 3. The fourth-order valence-electron chi connectivity index (χ4n) is 4.63. The van der Waals surface area contributed by atoms with Gasteiger partial charge in [-0.3, -0.25) is 9.69 Å². The molecule has 1 unspecified atom stereocenters. The van der Waals surface area contributed by atoms with E-state index in [0.29, 0.717) is 36.7 Å². The number of likely N-dealkylation sites (N-methyl/N-ethyl adjacent to an activating group) is 1. The van der Waals surface area contributed by atoms with Crippen LogP contribution in [-0.2, 0) is 20.8 Å². The number of alkyl halides is 3. The van der Waals surface area contributed by atoms with Gasteiger partial charge in [0.25, 0.3) is 0 Å². The second-order valence-corrected chi connectivity index (χ2v) is 11.9. The van der Waals surface area contributed by atoms with Gasteiger partial charge in [0.2, 0.25) is 5.91 Å². The Hall–Kier alpha value is -3.48. The molecule has 0 radical (unpaired) electrons. The Morgan fingerprint density at radius 1 is 1.07 bits per heavy atom. The minimum atomic E-state index is -4.39. The van der Waals surface area contributed by atoms with Gasteiger partial charge >= 0.3 is 6.18 Å². The second kappa shape index (κ2) is 11.9. The van der Waals surface area contributed by atoms with Crippen LogP contribution in [-0.4, -0.2) is 68.4 Å². The molecular weight excluding hydrogens is 545 g/mol. The molecule has 2 aromatic carbocycles. The summed E-state index contributed by atoms with van der Waals surface area (Å²) in [6.07, 6.45) is -2.88. The van der Waals surface area contributed by atoms with E-state index < -0.39 is 40.0 Å². The van der Waals surface area contributed by atoms with Gasteiger partial charge in [-0.2, -0.15) is 13.2 Å². The molecule has 1 aromatic heterocycles. The third kappa shape index (κ3) is 6.62. The van der Waals surface area contributed by atoms with E-state index in [9.17, 15) is 31.5 Å². The summed E-state index contributed by atoms with van der Waals surface area (Å²) < 4.78 is 63.0. The van der Waals surface area contributed by atoms with Crippen molar-refractivity contribution in [3.8, 4) is 0 Å². The number of carbonyl (C=O) groups excluding carboxylic acids is 1. The van der Waals surface area contributed by atoms with Gasteiger partial charge in [0.05, 0.1) is 46.7 Å². The number of piperazine rings is 1. The number of carbonyl (C=O) groups is 1. The summed E-state index contributed by atoms with van der Waals surface area (Å²) >= 11 is 0. The van der Waals surface area contributed by atoms with E-state index in [1.807, 2.05) is 11.9 Å². The molecule has 1 fully saturated rings. The van der Waals surface area contributed by atoms with Crippen LogP contribution in [0.2, 0.25) is 0 Å². The maximum Gasteiger partial charge on any atom is 0.416 e. The van der Waals surface area contributed by atoms with Gasteiger partial charge in [-0.15, -0.1) is 0 Å². The molecule has 214 valence electrons. The largest absolute Gasteiger partial charge is 0.416 e. The van der Waals surface area contributed by atoms with Crippen molar-refractivity contribution in [2.24, 2.45) is 0 Å². The maximum absolute atomic E-state index is 13.0. The number of benzene rings is 2. The van der Waals surface area contributed by atoms with E-state index >= 15 is 0 Å². The quantitative estimate of drug-likeness (QED) is 0.416. The summed E-state index contributed by atoms with van der Waals surface area (Å²) in [5.74, 6) is -0.747. The van der Waals surface area contributed by atoms with Crippen molar-refractivity contribution in [1.29, 1.82) is 0 Å². The summed E-state index contributed by atoms with van der Waals surface area (Å²) in [4.78, 5) is 21.6. The zero-order valence-corrected chi connectivity index (χ0v) is 22.9. The van der Waals surface area contributed by atoms with Crippen molar-refractivity contribution in [1.82, 2.24) is 9.88 Å². The van der Waals surface area contributed by atoms with Crippen molar-refractivity contribution < 1.29 is 31.5 Å². The number of aromatic nitrogens is 1. The standard InChI is InChI=1S/C28H31F3N4O4S/c1-3-40(38,39)23-11-6-19(7-12-23)24(18-36)27(37)33-22-10-13-26(32-16-22)35-15-14-34(2)25(17-35)20-4-8-21(9-5-20)28(29,30)31/h4-13,16,24-25,36H,3,14-15,17-18H2,1-2H3,(H,33,37)/t24-,25?/m0/s1. The average Bonchev–Trinajstić information content (AvgIpc) is 2.94. The lowest BCUT2D eigenvalue weighted by molar-refractivity contribution is -0.137. The highest BCUT2D eigenvalue weighted by atomic mass is 32.2. The van der Waals surface area contributed by atoms with E-state index in [2.05, 4.69) is 15.2 Å². The lowest BCUT2D eigenvalue weighted by Crippen LogP contribution is -2.47. The molecular formula is C28H31F3N4O4S. The predicted molar refractivity (Wildman–Crippen MR) is 146 cm³/mol. The fourth-order valence-corrected chi connectivity index (χ4v) is 5.51. The number of aliphatic hydroxyl groups excluding tert-OH is 1. The number of sulfone groups is 1. The van der Waals surface area contributed by atoms with Gasteiger partial charge in [0.1, 0.15) is 5.82 Å². The van der Waals surface area contributed by atoms with Gasteiger partial charge in [-0.05, 0) is 54.6 Å². The minimum absolute atomic E-state index is 0.0386. The van der Waals surface area contributed by atoms with Crippen LogP contribution in [0, 0.1) is 0 Å². The molecule has 1 aliphatic rings. The van der Waals surface area contributed by atoms with Crippen molar-refractivity contribution >= 4 is 27.2 Å². The summed E-state index contributed by atoms with van der Waals surface area (Å²) in [6, 6.07) is 14.4. The summed E-state index contributed by atoms with van der Waals surface area (Å²) in [6.45, 7) is 2.96. The van der Waals surface area contributed by atoms with E-state index in [0.717, 1.165) is 17.7 Å². The van der Waals surface area contributed by atoms with E-state index in [-0.39, 0.29) is 16.7 Å². The van der Waals surface area contributed by atoms with Gasteiger partial charge in [-0.25, -0.2) is 13.4 Å².